The van der Waals surface area contributed by atoms with Crippen LogP contribution >= 0.6 is 11.8 Å². The van der Waals surface area contributed by atoms with E-state index in [1.165, 1.54) is 18.5 Å². The first-order chi connectivity index (χ1) is 9.91. The molecule has 1 atom stereocenters. The first-order valence-corrected chi connectivity index (χ1v) is 6.98. The Kier molecular flexibility index (Phi) is 4.67. The Bertz CT molecular complexity index is 629. The molecule has 21 heavy (non-hydrogen) atoms. The molecule has 1 unspecified atom stereocenters. The smallest absolute Gasteiger partial charge is 0.303 e. The van der Waals surface area contributed by atoms with Crippen LogP contribution in [0, 0.1) is 0 Å². The third-order valence-corrected chi connectivity index (χ3v) is 4.00. The normalized spacial score (nSPS) is 13.0. The number of pyridine rings is 1. The number of aromatic nitrogens is 1. The fourth-order valence-corrected chi connectivity index (χ4v) is 2.69. The van der Waals surface area contributed by atoms with Crippen LogP contribution < -0.4 is 0 Å². The summed E-state index contributed by atoms with van der Waals surface area (Å²) in [5.41, 5.74) is -0.369. The summed E-state index contributed by atoms with van der Waals surface area (Å²) in [4.78, 5) is 15.4. The summed E-state index contributed by atoms with van der Waals surface area (Å²) in [5.74, 6) is -0.564. The molecule has 2 nitrogen and oxygen atoms in total. The zero-order valence-corrected chi connectivity index (χ0v) is 11.9. The molecule has 2 rings (SSSR count). The van der Waals surface area contributed by atoms with E-state index >= 15 is 0 Å². The molecule has 0 aliphatic rings. The molecule has 0 bridgehead atoms. The van der Waals surface area contributed by atoms with Crippen molar-refractivity contribution in [1.29, 1.82) is 0 Å². The molecule has 0 saturated carbocycles. The van der Waals surface area contributed by atoms with Crippen molar-refractivity contribution in [1.82, 2.24) is 4.98 Å². The number of halogens is 3. The molecule has 0 amide bonds. The predicted molar refractivity (Wildman–Crippen MR) is 74.3 cm³/mol. The second kappa shape index (κ2) is 6.30. The minimum absolute atomic E-state index is 0.107. The number of carbonyl (C=O) groups excluding carboxylic acids is 1. The molecule has 1 aromatic carbocycles. The Morgan fingerprint density at radius 1 is 1.19 bits per heavy atom. The van der Waals surface area contributed by atoms with Crippen LogP contribution in [0.4, 0.5) is 13.2 Å². The maximum absolute atomic E-state index is 13.2. The van der Waals surface area contributed by atoms with Gasteiger partial charge in [0.2, 0.25) is 0 Å². The Morgan fingerprint density at radius 2 is 1.86 bits per heavy atom. The van der Waals surface area contributed by atoms with Crippen LogP contribution in [-0.4, -0.2) is 11.3 Å². The van der Waals surface area contributed by atoms with Gasteiger partial charge in [-0.1, -0.05) is 24.8 Å². The van der Waals surface area contributed by atoms with E-state index in [4.69, 9.17) is 0 Å². The lowest BCUT2D eigenvalue weighted by atomic mass is 10.0. The van der Waals surface area contributed by atoms with Crippen LogP contribution in [0.2, 0.25) is 0 Å². The molecule has 1 aromatic heterocycles. The molecule has 0 aliphatic carbocycles. The fraction of sp³-hybridized carbons (Fsp3) is 0.200. The van der Waals surface area contributed by atoms with E-state index < -0.39 is 17.7 Å². The molecule has 0 N–H and O–H groups in total. The van der Waals surface area contributed by atoms with E-state index in [1.807, 2.05) is 0 Å². The number of hydrogen-bond donors (Lipinski definition) is 0. The predicted octanol–water partition coefficient (Wildman–Crippen LogP) is 4.55. The average Bonchev–Trinajstić information content (AvgIpc) is 2.47. The third kappa shape index (κ3) is 3.85. The summed E-state index contributed by atoms with van der Waals surface area (Å²) in [7, 11) is 0. The van der Waals surface area contributed by atoms with Gasteiger partial charge in [0.1, 0.15) is 6.29 Å². The highest BCUT2D eigenvalue weighted by atomic mass is 32.2. The molecular weight excluding hydrogens is 299 g/mol. The van der Waals surface area contributed by atoms with Crippen LogP contribution in [0.1, 0.15) is 24.0 Å². The zero-order chi connectivity index (χ0) is 15.5. The number of alkyl halides is 3. The Balaban J connectivity index is 2.43. The third-order valence-electron chi connectivity index (χ3n) is 2.92. The Hall–Kier alpha value is -1.82. The number of nitrogens with zero attached hydrogens (tertiary/aromatic N) is 1. The van der Waals surface area contributed by atoms with Crippen molar-refractivity contribution < 1.29 is 18.0 Å². The van der Waals surface area contributed by atoms with E-state index in [0.29, 0.717) is 16.7 Å². The first-order valence-electron chi connectivity index (χ1n) is 6.16. The van der Waals surface area contributed by atoms with Crippen LogP contribution in [0.5, 0.6) is 0 Å². The zero-order valence-electron chi connectivity index (χ0n) is 11.1. The van der Waals surface area contributed by atoms with E-state index in [-0.39, 0.29) is 4.90 Å². The summed E-state index contributed by atoms with van der Waals surface area (Å²) >= 11 is 1.02. The maximum Gasteiger partial charge on any atom is 0.417 e. The largest absolute Gasteiger partial charge is 0.417 e. The summed E-state index contributed by atoms with van der Waals surface area (Å²) in [6, 6.07) is 7.29. The summed E-state index contributed by atoms with van der Waals surface area (Å²) in [6.45, 7) is 1.57. The Morgan fingerprint density at radius 3 is 2.43 bits per heavy atom. The van der Waals surface area contributed by atoms with Crippen molar-refractivity contribution in [3.05, 3.63) is 53.9 Å². The van der Waals surface area contributed by atoms with Crippen molar-refractivity contribution in [2.45, 2.75) is 28.8 Å². The number of carbonyl (C=O) groups is 1. The molecule has 110 valence electrons. The van der Waals surface area contributed by atoms with Gasteiger partial charge in [0, 0.05) is 28.1 Å². The topological polar surface area (TPSA) is 30.0 Å². The van der Waals surface area contributed by atoms with E-state index in [1.54, 1.807) is 25.1 Å². The monoisotopic (exact) mass is 311 g/mol. The van der Waals surface area contributed by atoms with Gasteiger partial charge < -0.3 is 4.79 Å². The van der Waals surface area contributed by atoms with Gasteiger partial charge >= 0.3 is 6.18 Å². The van der Waals surface area contributed by atoms with Crippen molar-refractivity contribution >= 4 is 18.0 Å². The van der Waals surface area contributed by atoms with Crippen LogP contribution in [0.25, 0.3) is 0 Å². The molecule has 6 heteroatoms. The minimum atomic E-state index is -4.46. The molecule has 0 aliphatic heterocycles. The minimum Gasteiger partial charge on any atom is -0.303 e. The van der Waals surface area contributed by atoms with Gasteiger partial charge in [0.05, 0.1) is 5.56 Å². The Labute approximate surface area is 124 Å². The summed E-state index contributed by atoms with van der Waals surface area (Å²) in [6.07, 6.45) is -0.782. The highest BCUT2D eigenvalue weighted by molar-refractivity contribution is 7.99. The van der Waals surface area contributed by atoms with Gasteiger partial charge in [0.25, 0.3) is 0 Å². The molecule has 1 heterocycles. The molecular formula is C15H12F3NOS. The van der Waals surface area contributed by atoms with Crippen molar-refractivity contribution in [2.75, 3.05) is 0 Å². The maximum atomic E-state index is 13.2. The highest BCUT2D eigenvalue weighted by Gasteiger charge is 2.34. The van der Waals surface area contributed by atoms with E-state index in [9.17, 15) is 18.0 Å². The first kappa shape index (κ1) is 15.6. The van der Waals surface area contributed by atoms with Crippen LogP contribution in [-0.2, 0) is 11.0 Å². The number of hydrogen-bond acceptors (Lipinski definition) is 3. The highest BCUT2D eigenvalue weighted by Crippen LogP contribution is 2.40. The van der Waals surface area contributed by atoms with Gasteiger partial charge in [-0.05, 0) is 29.8 Å². The van der Waals surface area contributed by atoms with Crippen molar-refractivity contribution in [3.8, 4) is 0 Å². The average molecular weight is 311 g/mol. The van der Waals surface area contributed by atoms with Crippen LogP contribution in [0.15, 0.2) is 52.5 Å². The van der Waals surface area contributed by atoms with Crippen molar-refractivity contribution in [2.24, 2.45) is 0 Å². The second-order valence-electron chi connectivity index (χ2n) is 4.46. The lowest BCUT2D eigenvalue weighted by Gasteiger charge is -2.15. The fourth-order valence-electron chi connectivity index (χ4n) is 1.75. The molecule has 0 fully saturated rings. The molecule has 0 radical (unpaired) electrons. The lowest BCUT2D eigenvalue weighted by molar-refractivity contribution is -0.139. The van der Waals surface area contributed by atoms with Gasteiger partial charge in [-0.25, -0.2) is 0 Å². The van der Waals surface area contributed by atoms with Gasteiger partial charge in [-0.15, -0.1) is 0 Å². The molecule has 0 spiro atoms. The molecule has 2 aromatic rings. The van der Waals surface area contributed by atoms with Gasteiger partial charge in [-0.3, -0.25) is 4.98 Å². The van der Waals surface area contributed by atoms with Crippen molar-refractivity contribution in [3.63, 3.8) is 0 Å². The second-order valence-corrected chi connectivity index (χ2v) is 5.58. The lowest BCUT2D eigenvalue weighted by Crippen LogP contribution is -2.08. The number of rotatable bonds is 4. The van der Waals surface area contributed by atoms with Gasteiger partial charge in [-0.2, -0.15) is 13.2 Å². The van der Waals surface area contributed by atoms with E-state index in [0.717, 1.165) is 17.8 Å². The summed E-state index contributed by atoms with van der Waals surface area (Å²) < 4.78 is 39.6. The molecule has 0 saturated heterocycles. The quantitative estimate of drug-likeness (QED) is 0.776. The SMILES string of the molecule is CC(C=O)c1ccc(Sc2ccncc2)c(C(F)(F)F)c1. The number of aldehydes is 1. The summed E-state index contributed by atoms with van der Waals surface area (Å²) in [5, 5.41) is 0. The van der Waals surface area contributed by atoms with Crippen LogP contribution in [0.3, 0.4) is 0 Å². The van der Waals surface area contributed by atoms with Gasteiger partial charge in [0.15, 0.2) is 0 Å². The van der Waals surface area contributed by atoms with E-state index in [2.05, 4.69) is 4.98 Å². The standard InChI is InChI=1S/C15H12F3NOS/c1-10(9-20)11-2-3-14(13(8-11)15(16,17)18)21-12-4-6-19-7-5-12/h2-10H,1H3. The number of benzene rings is 1.